The summed E-state index contributed by atoms with van der Waals surface area (Å²) in [6.07, 6.45) is -6.04. The van der Waals surface area contributed by atoms with Gasteiger partial charge in [0.1, 0.15) is 6.54 Å². The van der Waals surface area contributed by atoms with Crippen molar-refractivity contribution < 1.29 is 23.1 Å². The van der Waals surface area contributed by atoms with Gasteiger partial charge in [0.2, 0.25) is 0 Å². The van der Waals surface area contributed by atoms with Crippen molar-refractivity contribution in [2.45, 2.75) is 6.18 Å². The number of nitrogens with zero attached hydrogens (tertiary/aromatic N) is 1. The van der Waals surface area contributed by atoms with Crippen LogP contribution in [0.25, 0.3) is 0 Å². The molecular weight excluding hydrogens is 151 g/mol. The molecule has 0 saturated carbocycles. The van der Waals surface area contributed by atoms with Crippen molar-refractivity contribution in [3.8, 4) is 0 Å². The molecule has 0 heterocycles. The summed E-state index contributed by atoms with van der Waals surface area (Å²) in [5, 5.41) is 7.97. The van der Waals surface area contributed by atoms with Crippen LogP contribution in [0.5, 0.6) is 0 Å². The third kappa shape index (κ3) is 3.99. The summed E-state index contributed by atoms with van der Waals surface area (Å²) in [6, 6.07) is 0. The minimum atomic E-state index is -4.45. The maximum Gasteiger partial charge on any atom is 0.407 e. The van der Waals surface area contributed by atoms with Crippen LogP contribution in [0.4, 0.5) is 18.0 Å². The Bertz CT molecular complexity index is 133. The summed E-state index contributed by atoms with van der Waals surface area (Å²) in [4.78, 5) is 9.97. The van der Waals surface area contributed by atoms with Crippen LogP contribution in [0.3, 0.4) is 0 Å². The normalized spacial score (nSPS) is 11.2. The largest absolute Gasteiger partial charge is 0.465 e. The van der Waals surface area contributed by atoms with E-state index in [2.05, 4.69) is 0 Å². The van der Waals surface area contributed by atoms with E-state index in [4.69, 9.17) is 5.11 Å². The molecule has 0 radical (unpaired) electrons. The molecule has 3 nitrogen and oxygen atoms in total. The highest BCUT2D eigenvalue weighted by molar-refractivity contribution is 5.64. The minimum absolute atomic E-state index is 0.167. The van der Waals surface area contributed by atoms with Gasteiger partial charge in [-0.1, -0.05) is 0 Å². The molecular formula is C4H6F3NO2. The summed E-state index contributed by atoms with van der Waals surface area (Å²) in [5.74, 6) is 0. The van der Waals surface area contributed by atoms with Crippen molar-refractivity contribution in [3.63, 3.8) is 0 Å². The fraction of sp³-hybridized carbons (Fsp3) is 0.750. The van der Waals surface area contributed by atoms with E-state index >= 15 is 0 Å². The van der Waals surface area contributed by atoms with E-state index in [9.17, 15) is 18.0 Å². The Morgan fingerprint density at radius 2 is 2.00 bits per heavy atom. The molecule has 0 aromatic rings. The molecule has 0 saturated heterocycles. The van der Waals surface area contributed by atoms with Crippen LogP contribution in [-0.4, -0.2) is 35.9 Å². The summed E-state index contributed by atoms with van der Waals surface area (Å²) < 4.78 is 34.1. The molecule has 0 bridgehead atoms. The van der Waals surface area contributed by atoms with Crippen LogP contribution >= 0.6 is 0 Å². The average molecular weight is 157 g/mol. The standard InChI is InChI=1S/C4H6F3NO2/c1-8(3(9)10)2-4(5,6)7/h2H2,1H3,(H,9,10). The van der Waals surface area contributed by atoms with E-state index in [0.29, 0.717) is 0 Å². The van der Waals surface area contributed by atoms with Gasteiger partial charge in [-0.15, -0.1) is 0 Å². The van der Waals surface area contributed by atoms with Crippen LogP contribution in [0.1, 0.15) is 0 Å². The summed E-state index contributed by atoms with van der Waals surface area (Å²) in [6.45, 7) is -1.43. The zero-order valence-electron chi connectivity index (χ0n) is 5.14. The SMILES string of the molecule is CN(CC(F)(F)F)C(=O)O. The molecule has 0 fully saturated rings. The van der Waals surface area contributed by atoms with Crippen molar-refractivity contribution in [2.75, 3.05) is 13.6 Å². The number of rotatable bonds is 1. The van der Waals surface area contributed by atoms with Crippen LogP contribution in [0, 0.1) is 0 Å². The smallest absolute Gasteiger partial charge is 0.407 e. The molecule has 0 aromatic carbocycles. The number of carbonyl (C=O) groups is 1. The van der Waals surface area contributed by atoms with Crippen LogP contribution < -0.4 is 0 Å². The van der Waals surface area contributed by atoms with E-state index in [1.54, 1.807) is 0 Å². The first-order valence-electron chi connectivity index (χ1n) is 2.34. The number of carboxylic acid groups (broad SMARTS) is 1. The van der Waals surface area contributed by atoms with E-state index in [1.807, 2.05) is 0 Å². The molecule has 0 atom stereocenters. The Balaban J connectivity index is 3.80. The molecule has 60 valence electrons. The fourth-order valence-corrected chi connectivity index (χ4v) is 0.337. The van der Waals surface area contributed by atoms with Gasteiger partial charge < -0.3 is 10.0 Å². The molecule has 1 N–H and O–H groups in total. The first-order chi connectivity index (χ1) is 4.33. The average Bonchev–Trinajstić information content (AvgIpc) is 1.60. The minimum Gasteiger partial charge on any atom is -0.465 e. The van der Waals surface area contributed by atoms with Gasteiger partial charge in [-0.3, -0.25) is 0 Å². The maximum absolute atomic E-state index is 11.4. The quantitative estimate of drug-likeness (QED) is 0.620. The number of alkyl halides is 3. The molecule has 0 aliphatic rings. The Kier molecular flexibility index (Phi) is 2.50. The van der Waals surface area contributed by atoms with Crippen molar-refractivity contribution in [1.82, 2.24) is 4.90 Å². The van der Waals surface area contributed by atoms with E-state index in [-0.39, 0.29) is 4.90 Å². The summed E-state index contributed by atoms with van der Waals surface area (Å²) in [7, 11) is 0.857. The van der Waals surface area contributed by atoms with Crippen molar-refractivity contribution >= 4 is 6.09 Å². The van der Waals surface area contributed by atoms with Gasteiger partial charge in [0.25, 0.3) is 0 Å². The summed E-state index contributed by atoms with van der Waals surface area (Å²) >= 11 is 0. The first-order valence-corrected chi connectivity index (χ1v) is 2.34. The van der Waals surface area contributed by atoms with E-state index < -0.39 is 18.8 Å². The highest BCUT2D eigenvalue weighted by atomic mass is 19.4. The highest BCUT2D eigenvalue weighted by Crippen LogP contribution is 2.15. The second kappa shape index (κ2) is 2.76. The highest BCUT2D eigenvalue weighted by Gasteiger charge is 2.30. The molecule has 0 aliphatic carbocycles. The van der Waals surface area contributed by atoms with Gasteiger partial charge in [0.15, 0.2) is 0 Å². The van der Waals surface area contributed by atoms with Crippen molar-refractivity contribution in [2.24, 2.45) is 0 Å². The molecule has 10 heavy (non-hydrogen) atoms. The van der Waals surface area contributed by atoms with Gasteiger partial charge in [0.05, 0.1) is 0 Å². The molecule has 6 heteroatoms. The zero-order valence-corrected chi connectivity index (χ0v) is 5.14. The molecule has 0 aliphatic heterocycles. The molecule has 0 rings (SSSR count). The van der Waals surface area contributed by atoms with Crippen LogP contribution in [-0.2, 0) is 0 Å². The van der Waals surface area contributed by atoms with Crippen LogP contribution in [0.2, 0.25) is 0 Å². The Morgan fingerprint density at radius 3 is 2.10 bits per heavy atom. The Morgan fingerprint density at radius 1 is 1.60 bits per heavy atom. The maximum atomic E-state index is 11.4. The number of amides is 1. The third-order valence-electron chi connectivity index (χ3n) is 0.743. The lowest BCUT2D eigenvalue weighted by molar-refractivity contribution is -0.139. The predicted octanol–water partition coefficient (Wildman–Crippen LogP) is 1.16. The number of hydrogen-bond acceptors (Lipinski definition) is 1. The molecule has 0 unspecified atom stereocenters. The first kappa shape index (κ1) is 9.06. The molecule has 0 aromatic heterocycles. The second-order valence-corrected chi connectivity index (χ2v) is 1.75. The third-order valence-corrected chi connectivity index (χ3v) is 0.743. The zero-order chi connectivity index (χ0) is 8.36. The van der Waals surface area contributed by atoms with Gasteiger partial charge in [0, 0.05) is 7.05 Å². The number of hydrogen-bond donors (Lipinski definition) is 1. The van der Waals surface area contributed by atoms with E-state index in [0.717, 1.165) is 7.05 Å². The monoisotopic (exact) mass is 157 g/mol. The molecule has 0 spiro atoms. The van der Waals surface area contributed by atoms with Crippen molar-refractivity contribution in [3.05, 3.63) is 0 Å². The summed E-state index contributed by atoms with van der Waals surface area (Å²) in [5.41, 5.74) is 0. The fourth-order valence-electron chi connectivity index (χ4n) is 0.337. The van der Waals surface area contributed by atoms with Crippen molar-refractivity contribution in [1.29, 1.82) is 0 Å². The number of halogens is 3. The van der Waals surface area contributed by atoms with E-state index in [1.165, 1.54) is 0 Å². The second-order valence-electron chi connectivity index (χ2n) is 1.75. The van der Waals surface area contributed by atoms with Gasteiger partial charge in [-0.2, -0.15) is 13.2 Å². The van der Waals surface area contributed by atoms with Gasteiger partial charge in [-0.05, 0) is 0 Å². The van der Waals surface area contributed by atoms with Crippen LogP contribution in [0.15, 0.2) is 0 Å². The molecule has 1 amide bonds. The lowest BCUT2D eigenvalue weighted by Gasteiger charge is -2.14. The predicted molar refractivity (Wildman–Crippen MR) is 26.7 cm³/mol. The Labute approximate surface area is 55.0 Å². The topological polar surface area (TPSA) is 40.5 Å². The Hall–Kier alpha value is -0.940. The van der Waals surface area contributed by atoms with Gasteiger partial charge in [-0.25, -0.2) is 4.79 Å². The lowest BCUT2D eigenvalue weighted by Crippen LogP contribution is -2.34. The lowest BCUT2D eigenvalue weighted by atomic mass is 10.6. The van der Waals surface area contributed by atoms with Gasteiger partial charge >= 0.3 is 12.3 Å².